The maximum absolute atomic E-state index is 13.0. The number of benzene rings is 3. The fraction of sp³-hybridized carbons (Fsp3) is 0.0435. The van der Waals surface area contributed by atoms with Crippen LogP contribution in [0.3, 0.4) is 0 Å². The number of carbonyl (C=O) groups is 1. The van der Waals surface area contributed by atoms with Crippen molar-refractivity contribution >= 4 is 50.7 Å². The van der Waals surface area contributed by atoms with Crippen LogP contribution < -0.4 is 4.72 Å². The zero-order valence-electron chi connectivity index (χ0n) is 17.1. The van der Waals surface area contributed by atoms with E-state index in [4.69, 9.17) is 34.8 Å². The van der Waals surface area contributed by atoms with Crippen LogP contribution >= 0.6 is 34.8 Å². The van der Waals surface area contributed by atoms with Gasteiger partial charge in [0.05, 0.1) is 21.3 Å². The highest BCUT2D eigenvalue weighted by Gasteiger charge is 2.26. The molecule has 3 aromatic carbocycles. The number of amides is 1. The molecule has 6 nitrogen and oxygen atoms in total. The maximum atomic E-state index is 13.0. The van der Waals surface area contributed by atoms with Crippen LogP contribution in [0.5, 0.6) is 0 Å². The molecule has 0 spiro atoms. The molecule has 0 unspecified atom stereocenters. The third-order valence-corrected chi connectivity index (χ3v) is 7.01. The van der Waals surface area contributed by atoms with Crippen molar-refractivity contribution < 1.29 is 13.2 Å². The highest BCUT2D eigenvalue weighted by Crippen LogP contribution is 2.33. The van der Waals surface area contributed by atoms with Crippen molar-refractivity contribution in [3.8, 4) is 16.9 Å². The van der Waals surface area contributed by atoms with E-state index in [0.717, 1.165) is 0 Å². The minimum Gasteiger partial charge on any atom is -0.266 e. The van der Waals surface area contributed by atoms with Crippen LogP contribution in [-0.2, 0) is 10.0 Å². The molecule has 0 fully saturated rings. The largest absolute Gasteiger partial charge is 0.285 e. The monoisotopic (exact) mass is 519 g/mol. The Bertz CT molecular complexity index is 1450. The Morgan fingerprint density at radius 1 is 0.909 bits per heavy atom. The number of nitrogens with one attached hydrogen (secondary N) is 1. The molecule has 0 aliphatic carbocycles. The lowest BCUT2D eigenvalue weighted by Crippen LogP contribution is -2.31. The second-order valence-electron chi connectivity index (χ2n) is 7.08. The first-order valence-corrected chi connectivity index (χ1v) is 12.2. The van der Waals surface area contributed by atoms with Gasteiger partial charge in [-0.3, -0.25) is 4.79 Å². The van der Waals surface area contributed by atoms with Crippen LogP contribution in [0.25, 0.3) is 16.9 Å². The summed E-state index contributed by atoms with van der Waals surface area (Å²) in [5.74, 6) is -0.865. The molecule has 0 saturated heterocycles. The Kier molecular flexibility index (Phi) is 6.50. The van der Waals surface area contributed by atoms with Gasteiger partial charge in [0.2, 0.25) is 0 Å². The minimum atomic E-state index is -4.09. The van der Waals surface area contributed by atoms with E-state index >= 15 is 0 Å². The standard InChI is InChI=1S/C23H16Cl3N3O3S/c1-14-21(23(30)28-33(31,32)18-5-3-2-4-6-18)27-29(20-12-11-17(25)13-19(20)26)22(14)15-7-9-16(24)10-8-15/h2-13H,1H3,(H,28,30). The molecule has 0 aliphatic rings. The first-order valence-electron chi connectivity index (χ1n) is 9.60. The molecule has 1 amide bonds. The zero-order valence-corrected chi connectivity index (χ0v) is 20.2. The maximum Gasteiger partial charge on any atom is 0.285 e. The third-order valence-electron chi connectivity index (χ3n) is 4.87. The number of halogens is 3. The Morgan fingerprint density at radius 2 is 1.55 bits per heavy atom. The van der Waals surface area contributed by atoms with E-state index in [2.05, 4.69) is 9.82 Å². The van der Waals surface area contributed by atoms with E-state index in [1.54, 1.807) is 67.6 Å². The molecule has 0 bridgehead atoms. The molecule has 0 aliphatic heterocycles. The van der Waals surface area contributed by atoms with Crippen LogP contribution in [-0.4, -0.2) is 24.1 Å². The van der Waals surface area contributed by atoms with Crippen molar-refractivity contribution in [1.82, 2.24) is 14.5 Å². The van der Waals surface area contributed by atoms with E-state index in [1.807, 2.05) is 0 Å². The first kappa shape index (κ1) is 23.3. The van der Waals surface area contributed by atoms with Gasteiger partial charge in [0.15, 0.2) is 5.69 Å². The van der Waals surface area contributed by atoms with Crippen molar-refractivity contribution in [2.75, 3.05) is 0 Å². The lowest BCUT2D eigenvalue weighted by atomic mass is 10.1. The molecule has 0 atom stereocenters. The van der Waals surface area contributed by atoms with Gasteiger partial charge in [-0.05, 0) is 49.4 Å². The summed E-state index contributed by atoms with van der Waals surface area (Å²) in [5, 5.41) is 5.71. The van der Waals surface area contributed by atoms with Crippen LogP contribution in [0.4, 0.5) is 0 Å². The zero-order chi connectivity index (χ0) is 23.8. The molecule has 1 heterocycles. The Labute approximate surface area is 205 Å². The van der Waals surface area contributed by atoms with Gasteiger partial charge in [-0.25, -0.2) is 17.8 Å². The van der Waals surface area contributed by atoms with Gasteiger partial charge in [0, 0.05) is 21.2 Å². The smallest absolute Gasteiger partial charge is 0.266 e. The molecule has 168 valence electrons. The van der Waals surface area contributed by atoms with Crippen molar-refractivity contribution in [1.29, 1.82) is 0 Å². The molecule has 1 aromatic heterocycles. The lowest BCUT2D eigenvalue weighted by molar-refractivity contribution is 0.0975. The molecule has 0 radical (unpaired) electrons. The lowest BCUT2D eigenvalue weighted by Gasteiger charge is -2.11. The topological polar surface area (TPSA) is 81.1 Å². The average molecular weight is 521 g/mol. The summed E-state index contributed by atoms with van der Waals surface area (Å²) in [5.41, 5.74) is 2.13. The Morgan fingerprint density at radius 3 is 2.18 bits per heavy atom. The van der Waals surface area contributed by atoms with Crippen molar-refractivity contribution in [3.63, 3.8) is 0 Å². The quantitative estimate of drug-likeness (QED) is 0.354. The van der Waals surface area contributed by atoms with Crippen molar-refractivity contribution in [2.24, 2.45) is 0 Å². The molecule has 4 rings (SSSR count). The normalized spacial score (nSPS) is 11.4. The van der Waals surface area contributed by atoms with Gasteiger partial charge in [-0.1, -0.05) is 65.1 Å². The summed E-state index contributed by atoms with van der Waals surface area (Å²) in [6.07, 6.45) is 0. The summed E-state index contributed by atoms with van der Waals surface area (Å²) >= 11 is 18.5. The van der Waals surface area contributed by atoms with Gasteiger partial charge in [0.25, 0.3) is 15.9 Å². The summed E-state index contributed by atoms with van der Waals surface area (Å²) < 4.78 is 28.9. The average Bonchev–Trinajstić information content (AvgIpc) is 3.11. The van der Waals surface area contributed by atoms with Gasteiger partial charge in [0.1, 0.15) is 0 Å². The molecule has 33 heavy (non-hydrogen) atoms. The predicted molar refractivity (Wildman–Crippen MR) is 130 cm³/mol. The second kappa shape index (κ2) is 9.19. The van der Waals surface area contributed by atoms with E-state index in [1.165, 1.54) is 16.8 Å². The van der Waals surface area contributed by atoms with E-state index in [-0.39, 0.29) is 10.6 Å². The Hall–Kier alpha value is -2.84. The molecule has 4 aromatic rings. The highest BCUT2D eigenvalue weighted by atomic mass is 35.5. The number of hydrogen-bond acceptors (Lipinski definition) is 4. The van der Waals surface area contributed by atoms with Crippen LogP contribution in [0.1, 0.15) is 16.1 Å². The molecular formula is C23H16Cl3N3O3S. The molecule has 10 heteroatoms. The number of nitrogens with zero attached hydrogens (tertiary/aromatic N) is 2. The molecule has 1 N–H and O–H groups in total. The van der Waals surface area contributed by atoms with Crippen LogP contribution in [0.15, 0.2) is 77.7 Å². The Balaban J connectivity index is 1.84. The van der Waals surface area contributed by atoms with Crippen molar-refractivity contribution in [3.05, 3.63) is 99.1 Å². The summed E-state index contributed by atoms with van der Waals surface area (Å²) in [7, 11) is -4.09. The summed E-state index contributed by atoms with van der Waals surface area (Å²) in [4.78, 5) is 13.0. The van der Waals surface area contributed by atoms with Crippen molar-refractivity contribution in [2.45, 2.75) is 11.8 Å². The van der Waals surface area contributed by atoms with E-state index in [0.29, 0.717) is 37.6 Å². The van der Waals surface area contributed by atoms with Crippen LogP contribution in [0.2, 0.25) is 15.1 Å². The number of carbonyl (C=O) groups excluding carboxylic acids is 1. The SMILES string of the molecule is Cc1c(C(=O)NS(=O)(=O)c2ccccc2)nn(-c2ccc(Cl)cc2Cl)c1-c1ccc(Cl)cc1. The van der Waals surface area contributed by atoms with E-state index in [9.17, 15) is 13.2 Å². The number of aromatic nitrogens is 2. The number of rotatable bonds is 5. The summed E-state index contributed by atoms with van der Waals surface area (Å²) in [6, 6.07) is 19.4. The van der Waals surface area contributed by atoms with Gasteiger partial charge in [-0.15, -0.1) is 0 Å². The number of sulfonamides is 1. The third kappa shape index (κ3) is 4.77. The minimum absolute atomic E-state index is 0.0332. The predicted octanol–water partition coefficient (Wildman–Crippen LogP) is 5.93. The van der Waals surface area contributed by atoms with Gasteiger partial charge >= 0.3 is 0 Å². The highest BCUT2D eigenvalue weighted by molar-refractivity contribution is 7.90. The summed E-state index contributed by atoms with van der Waals surface area (Å²) in [6.45, 7) is 1.68. The second-order valence-corrected chi connectivity index (χ2v) is 10.0. The fourth-order valence-electron chi connectivity index (χ4n) is 3.31. The van der Waals surface area contributed by atoms with Gasteiger partial charge in [-0.2, -0.15) is 5.10 Å². The fourth-order valence-corrected chi connectivity index (χ4v) is 4.90. The van der Waals surface area contributed by atoms with Gasteiger partial charge < -0.3 is 0 Å². The first-order chi connectivity index (χ1) is 15.7. The van der Waals surface area contributed by atoms with Crippen LogP contribution in [0, 0.1) is 6.92 Å². The number of hydrogen-bond donors (Lipinski definition) is 1. The molecule has 0 saturated carbocycles. The molecular weight excluding hydrogens is 505 g/mol. The van der Waals surface area contributed by atoms with E-state index < -0.39 is 15.9 Å².